The first kappa shape index (κ1) is 18.0. The summed E-state index contributed by atoms with van der Waals surface area (Å²) in [4.78, 5) is 44.0. The molecule has 0 saturated heterocycles. The van der Waals surface area contributed by atoms with E-state index < -0.39 is 41.5 Å². The Morgan fingerprint density at radius 1 is 1.35 bits per heavy atom. The Balaban J connectivity index is 2.66. The molecular formula is C13H15N3O7. The molecule has 0 radical (unpaired) electrons. The third-order valence-corrected chi connectivity index (χ3v) is 2.72. The van der Waals surface area contributed by atoms with E-state index in [4.69, 9.17) is 15.6 Å². The van der Waals surface area contributed by atoms with Crippen LogP contribution in [0, 0.1) is 10.1 Å². The van der Waals surface area contributed by atoms with Gasteiger partial charge in [0.25, 0.3) is 5.69 Å². The van der Waals surface area contributed by atoms with Crippen molar-refractivity contribution < 1.29 is 29.2 Å². The van der Waals surface area contributed by atoms with E-state index in [1.54, 1.807) is 0 Å². The number of carboxylic acids is 1. The lowest BCUT2D eigenvalue weighted by Crippen LogP contribution is -2.49. The number of esters is 1. The van der Waals surface area contributed by atoms with Crippen LogP contribution in [0.25, 0.3) is 0 Å². The zero-order chi connectivity index (χ0) is 17.6. The van der Waals surface area contributed by atoms with E-state index in [9.17, 15) is 24.5 Å². The van der Waals surface area contributed by atoms with Gasteiger partial charge in [-0.3, -0.25) is 14.9 Å². The molecule has 10 heteroatoms. The molecular weight excluding hydrogens is 310 g/mol. The topological polar surface area (TPSA) is 162 Å². The minimum Gasteiger partial charge on any atom is -0.480 e. The first-order chi connectivity index (χ1) is 10.7. The lowest BCUT2D eigenvalue weighted by molar-refractivity contribution is -0.384. The van der Waals surface area contributed by atoms with Crippen molar-refractivity contribution in [2.24, 2.45) is 5.73 Å². The number of benzene rings is 1. The quantitative estimate of drug-likeness (QED) is 0.348. The highest BCUT2D eigenvalue weighted by Crippen LogP contribution is 2.12. The maximum Gasteiger partial charge on any atom is 0.338 e. The molecule has 0 aliphatic rings. The van der Waals surface area contributed by atoms with Crippen LogP contribution in [0.5, 0.6) is 0 Å². The number of rotatable bonds is 7. The fourth-order valence-corrected chi connectivity index (χ4v) is 1.44. The highest BCUT2D eigenvalue weighted by Gasteiger charge is 2.23. The Hall–Kier alpha value is -3.01. The maximum atomic E-state index is 11.8. The SMILES string of the molecule is C[C@@H](N)C(=O)N[C@@H](COC(=O)c1ccc([N+](=O)[O-])cc1)C(=O)O. The van der Waals surface area contributed by atoms with Crippen LogP contribution < -0.4 is 11.1 Å². The number of amides is 1. The monoisotopic (exact) mass is 325 g/mol. The van der Waals surface area contributed by atoms with Crippen molar-refractivity contribution >= 4 is 23.5 Å². The molecule has 23 heavy (non-hydrogen) atoms. The van der Waals surface area contributed by atoms with Gasteiger partial charge in [-0.1, -0.05) is 0 Å². The van der Waals surface area contributed by atoms with Crippen LogP contribution >= 0.6 is 0 Å². The van der Waals surface area contributed by atoms with Gasteiger partial charge in [0.2, 0.25) is 5.91 Å². The first-order valence-corrected chi connectivity index (χ1v) is 6.42. The van der Waals surface area contributed by atoms with Crippen LogP contribution in [0.15, 0.2) is 24.3 Å². The number of non-ortho nitro benzene ring substituents is 1. The van der Waals surface area contributed by atoms with Crippen molar-refractivity contribution in [3.05, 3.63) is 39.9 Å². The number of hydrogen-bond donors (Lipinski definition) is 3. The van der Waals surface area contributed by atoms with Crippen molar-refractivity contribution in [2.75, 3.05) is 6.61 Å². The molecule has 0 saturated carbocycles. The van der Waals surface area contributed by atoms with Crippen molar-refractivity contribution in [2.45, 2.75) is 19.0 Å². The Labute approximate surface area is 130 Å². The molecule has 0 bridgehead atoms. The molecule has 1 rings (SSSR count). The van der Waals surface area contributed by atoms with Crippen LogP contribution in [0.1, 0.15) is 17.3 Å². The van der Waals surface area contributed by atoms with Gasteiger partial charge in [-0.25, -0.2) is 9.59 Å². The van der Waals surface area contributed by atoms with Gasteiger partial charge in [-0.15, -0.1) is 0 Å². The number of nitro benzene ring substituents is 1. The minimum atomic E-state index is -1.45. The first-order valence-electron chi connectivity index (χ1n) is 6.42. The molecule has 1 amide bonds. The van der Waals surface area contributed by atoms with E-state index in [0.717, 1.165) is 12.1 Å². The molecule has 1 aromatic rings. The van der Waals surface area contributed by atoms with Gasteiger partial charge < -0.3 is 20.9 Å². The van der Waals surface area contributed by atoms with E-state index >= 15 is 0 Å². The summed E-state index contributed by atoms with van der Waals surface area (Å²) in [6, 6.07) is 2.22. The Kier molecular flexibility index (Phi) is 6.15. The lowest BCUT2D eigenvalue weighted by atomic mass is 10.2. The molecule has 4 N–H and O–H groups in total. The van der Waals surface area contributed by atoms with Crippen molar-refractivity contribution in [3.8, 4) is 0 Å². The predicted octanol–water partition coefficient (Wildman–Crippen LogP) is -0.332. The standard InChI is InChI=1S/C13H15N3O7/c1-7(14)11(17)15-10(12(18)19)6-23-13(20)8-2-4-9(5-3-8)16(21)22/h2-5,7,10H,6,14H2,1H3,(H,15,17)(H,18,19)/t7-,10+/m1/s1. The number of nitro groups is 1. The van der Waals surface area contributed by atoms with E-state index in [0.29, 0.717) is 0 Å². The van der Waals surface area contributed by atoms with Gasteiger partial charge in [0.05, 0.1) is 16.5 Å². The summed E-state index contributed by atoms with van der Waals surface area (Å²) in [5.41, 5.74) is 5.11. The molecule has 0 aromatic heterocycles. The van der Waals surface area contributed by atoms with Crippen LogP contribution in [0.2, 0.25) is 0 Å². The zero-order valence-electron chi connectivity index (χ0n) is 12.1. The normalized spacial score (nSPS) is 12.8. The number of nitrogens with two attached hydrogens (primary N) is 1. The zero-order valence-corrected chi connectivity index (χ0v) is 12.1. The third kappa shape index (κ3) is 5.36. The molecule has 0 heterocycles. The third-order valence-electron chi connectivity index (χ3n) is 2.72. The molecule has 124 valence electrons. The van der Waals surface area contributed by atoms with E-state index in [1.165, 1.54) is 19.1 Å². The molecule has 0 aliphatic heterocycles. The minimum absolute atomic E-state index is 0.0123. The average Bonchev–Trinajstić information content (AvgIpc) is 2.50. The van der Waals surface area contributed by atoms with E-state index in [2.05, 4.69) is 5.32 Å². The largest absolute Gasteiger partial charge is 0.480 e. The molecule has 0 aliphatic carbocycles. The summed E-state index contributed by atoms with van der Waals surface area (Å²) in [7, 11) is 0. The van der Waals surface area contributed by atoms with Gasteiger partial charge >= 0.3 is 11.9 Å². The average molecular weight is 325 g/mol. The number of nitrogens with zero attached hydrogens (tertiary/aromatic N) is 1. The molecule has 1 aromatic carbocycles. The van der Waals surface area contributed by atoms with Gasteiger partial charge in [0, 0.05) is 12.1 Å². The van der Waals surface area contributed by atoms with E-state index in [1.807, 2.05) is 0 Å². The summed E-state index contributed by atoms with van der Waals surface area (Å²) in [6.07, 6.45) is 0. The molecule has 0 fully saturated rings. The molecule has 10 nitrogen and oxygen atoms in total. The summed E-state index contributed by atoms with van der Waals surface area (Å²) in [5, 5.41) is 21.6. The number of aliphatic carboxylic acids is 1. The van der Waals surface area contributed by atoms with Gasteiger partial charge in [-0.05, 0) is 19.1 Å². The van der Waals surface area contributed by atoms with Crippen LogP contribution in [0.3, 0.4) is 0 Å². The second kappa shape index (κ2) is 7.84. The van der Waals surface area contributed by atoms with Crippen LogP contribution in [-0.4, -0.2) is 46.6 Å². The Morgan fingerprint density at radius 2 is 1.91 bits per heavy atom. The Bertz CT molecular complexity index is 612. The van der Waals surface area contributed by atoms with Gasteiger partial charge in [0.1, 0.15) is 6.61 Å². The highest BCUT2D eigenvalue weighted by atomic mass is 16.6. The fraction of sp³-hybridized carbons (Fsp3) is 0.308. The number of carboxylic acid groups (broad SMARTS) is 1. The second-order valence-corrected chi connectivity index (χ2v) is 4.59. The second-order valence-electron chi connectivity index (χ2n) is 4.59. The van der Waals surface area contributed by atoms with E-state index in [-0.39, 0.29) is 11.3 Å². The highest BCUT2D eigenvalue weighted by molar-refractivity contribution is 5.90. The summed E-state index contributed by atoms with van der Waals surface area (Å²) < 4.78 is 4.79. The smallest absolute Gasteiger partial charge is 0.338 e. The Morgan fingerprint density at radius 3 is 2.35 bits per heavy atom. The number of carbonyl (C=O) groups excluding carboxylic acids is 2. The fourth-order valence-electron chi connectivity index (χ4n) is 1.44. The number of carbonyl (C=O) groups is 3. The predicted molar refractivity (Wildman–Crippen MR) is 76.6 cm³/mol. The van der Waals surface area contributed by atoms with Gasteiger partial charge in [-0.2, -0.15) is 0 Å². The summed E-state index contributed by atoms with van der Waals surface area (Å²) in [5.74, 6) is -2.97. The summed E-state index contributed by atoms with van der Waals surface area (Å²) >= 11 is 0. The summed E-state index contributed by atoms with van der Waals surface area (Å²) in [6.45, 7) is 0.765. The van der Waals surface area contributed by atoms with Crippen LogP contribution in [-0.2, 0) is 14.3 Å². The number of hydrogen-bond acceptors (Lipinski definition) is 7. The molecule has 0 spiro atoms. The molecule has 0 unspecified atom stereocenters. The molecule has 2 atom stereocenters. The van der Waals surface area contributed by atoms with Crippen molar-refractivity contribution in [3.63, 3.8) is 0 Å². The number of ether oxygens (including phenoxy) is 1. The van der Waals surface area contributed by atoms with Crippen molar-refractivity contribution in [1.29, 1.82) is 0 Å². The number of nitrogens with one attached hydrogen (secondary N) is 1. The van der Waals surface area contributed by atoms with Crippen LogP contribution in [0.4, 0.5) is 5.69 Å². The maximum absolute atomic E-state index is 11.8. The lowest BCUT2D eigenvalue weighted by Gasteiger charge is -2.16. The van der Waals surface area contributed by atoms with Gasteiger partial charge in [0.15, 0.2) is 6.04 Å². The van der Waals surface area contributed by atoms with Crippen molar-refractivity contribution in [1.82, 2.24) is 5.32 Å².